The lowest BCUT2D eigenvalue weighted by Crippen LogP contribution is -2.51. The second kappa shape index (κ2) is 10.7. The highest BCUT2D eigenvalue weighted by Crippen LogP contribution is 2.37. The number of carbonyl (C=O) groups is 2. The summed E-state index contributed by atoms with van der Waals surface area (Å²) >= 11 is 5.88. The van der Waals surface area contributed by atoms with Crippen LogP contribution in [0.1, 0.15) is 30.6 Å². The van der Waals surface area contributed by atoms with Gasteiger partial charge in [-0.25, -0.2) is 22.0 Å². The molecule has 1 heterocycles. The Bertz CT molecular complexity index is 1230. The van der Waals surface area contributed by atoms with E-state index >= 15 is 0 Å². The molecule has 2 aromatic carbocycles. The Morgan fingerprint density at radius 2 is 1.64 bits per heavy atom. The molecule has 194 valence electrons. The van der Waals surface area contributed by atoms with E-state index in [9.17, 15) is 26.8 Å². The van der Waals surface area contributed by atoms with Gasteiger partial charge in [-0.3, -0.25) is 4.79 Å². The van der Waals surface area contributed by atoms with E-state index in [1.54, 1.807) is 4.90 Å². The topological polar surface area (TPSA) is 84.0 Å². The number of carbonyl (C=O) groups excluding carboxylic acids is 2. The number of halogens is 3. The second-order valence-corrected chi connectivity index (χ2v) is 11.7. The Kier molecular flexibility index (Phi) is 7.85. The standard InChI is InChI=1S/C25H27ClF2N2O5S/c1-16(15-35-25(32)30-12-10-29(11-13-30)24(31)17-2-3-17)23(21-14-19(27)6-9-22(21)28)36(33,34)20-7-4-18(26)5-8-20/h4-9,14,16-17,23H,2-3,10-13,15H2,1H3/t16-,23+/m1/s1. The van der Waals surface area contributed by atoms with Gasteiger partial charge < -0.3 is 14.5 Å². The van der Waals surface area contributed by atoms with Gasteiger partial charge in [-0.2, -0.15) is 0 Å². The van der Waals surface area contributed by atoms with Gasteiger partial charge in [0.05, 0.1) is 16.8 Å². The number of rotatable bonds is 7. The van der Waals surface area contributed by atoms with Crippen LogP contribution in [0.25, 0.3) is 0 Å². The average Bonchev–Trinajstić information content (AvgIpc) is 3.70. The first-order chi connectivity index (χ1) is 17.1. The molecule has 2 aliphatic rings. The van der Waals surface area contributed by atoms with Crippen LogP contribution in [0.3, 0.4) is 0 Å². The van der Waals surface area contributed by atoms with Gasteiger partial charge in [-0.05, 0) is 55.3 Å². The van der Waals surface area contributed by atoms with E-state index in [0.717, 1.165) is 31.0 Å². The summed E-state index contributed by atoms with van der Waals surface area (Å²) < 4.78 is 61.2. The van der Waals surface area contributed by atoms with Gasteiger partial charge in [-0.15, -0.1) is 0 Å². The van der Waals surface area contributed by atoms with Crippen LogP contribution in [0, 0.1) is 23.5 Å². The molecule has 4 rings (SSSR count). The predicted octanol–water partition coefficient (Wildman–Crippen LogP) is 4.46. The fourth-order valence-electron chi connectivity index (χ4n) is 4.36. The van der Waals surface area contributed by atoms with Crippen molar-refractivity contribution in [2.45, 2.75) is 29.9 Å². The number of sulfone groups is 1. The van der Waals surface area contributed by atoms with Crippen LogP contribution >= 0.6 is 11.6 Å². The number of amides is 2. The van der Waals surface area contributed by atoms with Crippen molar-refractivity contribution in [3.63, 3.8) is 0 Å². The normalized spacial score (nSPS) is 18.0. The van der Waals surface area contributed by atoms with E-state index < -0.39 is 38.7 Å². The van der Waals surface area contributed by atoms with Crippen molar-refractivity contribution in [2.24, 2.45) is 11.8 Å². The van der Waals surface area contributed by atoms with Crippen molar-refractivity contribution in [3.05, 3.63) is 64.7 Å². The molecule has 0 N–H and O–H groups in total. The molecule has 0 spiro atoms. The van der Waals surface area contributed by atoms with Crippen molar-refractivity contribution in [1.29, 1.82) is 0 Å². The molecule has 0 radical (unpaired) electrons. The number of nitrogens with zero attached hydrogens (tertiary/aromatic N) is 2. The molecule has 1 saturated heterocycles. The zero-order valence-corrected chi connectivity index (χ0v) is 21.3. The molecular weight excluding hydrogens is 514 g/mol. The first-order valence-electron chi connectivity index (χ1n) is 11.7. The van der Waals surface area contributed by atoms with E-state index in [2.05, 4.69) is 0 Å². The molecule has 1 aliphatic heterocycles. The van der Waals surface area contributed by atoms with E-state index in [1.807, 2.05) is 0 Å². The van der Waals surface area contributed by atoms with E-state index in [1.165, 1.54) is 36.1 Å². The lowest BCUT2D eigenvalue weighted by molar-refractivity contribution is -0.134. The Morgan fingerprint density at radius 3 is 2.25 bits per heavy atom. The molecule has 7 nitrogen and oxygen atoms in total. The fourth-order valence-corrected chi connectivity index (χ4v) is 6.50. The minimum absolute atomic E-state index is 0.104. The summed E-state index contributed by atoms with van der Waals surface area (Å²) in [5.41, 5.74) is -0.347. The smallest absolute Gasteiger partial charge is 0.409 e. The molecule has 2 fully saturated rings. The Morgan fingerprint density at radius 1 is 1.03 bits per heavy atom. The van der Waals surface area contributed by atoms with Gasteiger partial charge in [-0.1, -0.05) is 18.5 Å². The summed E-state index contributed by atoms with van der Waals surface area (Å²) in [4.78, 5) is 28.0. The van der Waals surface area contributed by atoms with Crippen LogP contribution in [0.4, 0.5) is 13.6 Å². The Labute approximate surface area is 213 Å². The number of ether oxygens (including phenoxy) is 1. The molecule has 11 heteroatoms. The summed E-state index contributed by atoms with van der Waals surface area (Å²) in [6, 6.07) is 8.00. The van der Waals surface area contributed by atoms with Crippen LogP contribution in [0.15, 0.2) is 47.4 Å². The molecule has 2 amide bonds. The highest BCUT2D eigenvalue weighted by Gasteiger charge is 2.38. The minimum Gasteiger partial charge on any atom is -0.449 e. The first kappa shape index (κ1) is 26.3. The van der Waals surface area contributed by atoms with Crippen molar-refractivity contribution in [1.82, 2.24) is 9.80 Å². The van der Waals surface area contributed by atoms with Gasteiger partial charge in [0.2, 0.25) is 5.91 Å². The number of hydrogen-bond acceptors (Lipinski definition) is 5. The molecule has 0 bridgehead atoms. The fraction of sp³-hybridized carbons (Fsp3) is 0.440. The van der Waals surface area contributed by atoms with Gasteiger partial charge in [0.1, 0.15) is 11.6 Å². The largest absolute Gasteiger partial charge is 0.449 e. The zero-order valence-electron chi connectivity index (χ0n) is 19.7. The molecule has 2 atom stereocenters. The van der Waals surface area contributed by atoms with Gasteiger partial charge in [0.15, 0.2) is 9.84 Å². The SMILES string of the molecule is C[C@H](COC(=O)N1CCN(C(=O)C2CC2)CC1)[C@@H](c1cc(F)ccc1F)S(=O)(=O)c1ccc(Cl)cc1. The third-order valence-corrected chi connectivity index (χ3v) is 9.07. The minimum atomic E-state index is -4.22. The molecule has 0 aromatic heterocycles. The second-order valence-electron chi connectivity index (χ2n) is 9.23. The molecule has 0 unspecified atom stereocenters. The average molecular weight is 541 g/mol. The molecule has 2 aromatic rings. The highest BCUT2D eigenvalue weighted by atomic mass is 35.5. The predicted molar refractivity (Wildman–Crippen MR) is 129 cm³/mol. The lowest BCUT2D eigenvalue weighted by atomic mass is 10.0. The third kappa shape index (κ3) is 5.81. The third-order valence-electron chi connectivity index (χ3n) is 6.50. The van der Waals surface area contributed by atoms with E-state index in [-0.39, 0.29) is 28.9 Å². The lowest BCUT2D eigenvalue weighted by Gasteiger charge is -2.34. The molecule has 1 aliphatic carbocycles. The summed E-state index contributed by atoms with van der Waals surface area (Å²) in [6.07, 6.45) is 1.17. The maximum Gasteiger partial charge on any atom is 0.409 e. The van der Waals surface area contributed by atoms with Crippen molar-refractivity contribution in [3.8, 4) is 0 Å². The van der Waals surface area contributed by atoms with E-state index in [4.69, 9.17) is 16.3 Å². The summed E-state index contributed by atoms with van der Waals surface area (Å²) in [6.45, 7) is 2.58. The zero-order chi connectivity index (χ0) is 26.0. The van der Waals surface area contributed by atoms with Crippen LogP contribution in [-0.4, -0.2) is 63.0 Å². The monoisotopic (exact) mass is 540 g/mol. The van der Waals surface area contributed by atoms with Crippen molar-refractivity contribution >= 4 is 33.4 Å². The maximum absolute atomic E-state index is 14.7. The molecule has 1 saturated carbocycles. The van der Waals surface area contributed by atoms with Crippen LogP contribution in [-0.2, 0) is 19.4 Å². The van der Waals surface area contributed by atoms with Gasteiger partial charge >= 0.3 is 6.09 Å². The maximum atomic E-state index is 14.7. The van der Waals surface area contributed by atoms with Crippen LogP contribution in [0.2, 0.25) is 5.02 Å². The quantitative estimate of drug-likeness (QED) is 0.518. The first-order valence-corrected chi connectivity index (χ1v) is 13.6. The van der Waals surface area contributed by atoms with Crippen LogP contribution in [0.5, 0.6) is 0 Å². The number of piperazine rings is 1. The summed E-state index contributed by atoms with van der Waals surface area (Å²) in [5, 5.41) is -1.20. The van der Waals surface area contributed by atoms with Gasteiger partial charge in [0, 0.05) is 48.6 Å². The Hall–Kier alpha value is -2.72. The Balaban J connectivity index is 1.48. The highest BCUT2D eigenvalue weighted by molar-refractivity contribution is 7.91. The number of benzene rings is 2. The van der Waals surface area contributed by atoms with Crippen molar-refractivity contribution in [2.75, 3.05) is 32.8 Å². The number of hydrogen-bond donors (Lipinski definition) is 0. The molecule has 36 heavy (non-hydrogen) atoms. The van der Waals surface area contributed by atoms with Gasteiger partial charge in [0.25, 0.3) is 0 Å². The summed E-state index contributed by atoms with van der Waals surface area (Å²) in [5.74, 6) is -2.36. The molecular formula is C25H27ClF2N2O5S. The van der Waals surface area contributed by atoms with Crippen molar-refractivity contribution < 1.29 is 31.5 Å². The van der Waals surface area contributed by atoms with E-state index in [0.29, 0.717) is 31.2 Å². The van der Waals surface area contributed by atoms with Crippen LogP contribution < -0.4 is 0 Å². The summed E-state index contributed by atoms with van der Waals surface area (Å²) in [7, 11) is -4.22.